The summed E-state index contributed by atoms with van der Waals surface area (Å²) in [6.07, 6.45) is 1.54. The second-order valence-corrected chi connectivity index (χ2v) is 5.98. The summed E-state index contributed by atoms with van der Waals surface area (Å²) in [5, 5.41) is 15.2. The summed E-state index contributed by atoms with van der Waals surface area (Å²) in [6, 6.07) is 5.12. The molecule has 1 saturated heterocycles. The number of carbonyl (C=O) groups is 2. The van der Waals surface area contributed by atoms with Crippen molar-refractivity contribution in [3.05, 3.63) is 28.2 Å². The molecule has 1 amide bonds. The summed E-state index contributed by atoms with van der Waals surface area (Å²) in [6.45, 7) is 2.85. The molecule has 1 aliphatic rings. The molecule has 108 valence electrons. The zero-order chi connectivity index (χ0) is 14.7. The van der Waals surface area contributed by atoms with Crippen molar-refractivity contribution in [3.8, 4) is 0 Å². The molecule has 2 atom stereocenters. The highest BCUT2D eigenvalue weighted by molar-refractivity contribution is 9.10. The van der Waals surface area contributed by atoms with Crippen molar-refractivity contribution >= 4 is 33.5 Å². The van der Waals surface area contributed by atoms with E-state index in [1.807, 2.05) is 6.92 Å². The Bertz CT molecular complexity index is 533. The number of anilines is 1. The lowest BCUT2D eigenvalue weighted by Gasteiger charge is -2.27. The van der Waals surface area contributed by atoms with Crippen molar-refractivity contribution in [1.82, 2.24) is 5.32 Å². The molecule has 1 aliphatic heterocycles. The monoisotopic (exact) mass is 340 g/mol. The van der Waals surface area contributed by atoms with Crippen molar-refractivity contribution in [3.63, 3.8) is 0 Å². The molecule has 0 spiro atoms. The zero-order valence-corrected chi connectivity index (χ0v) is 12.7. The lowest BCUT2D eigenvalue weighted by Crippen LogP contribution is -2.40. The van der Waals surface area contributed by atoms with E-state index in [1.165, 1.54) is 6.07 Å². The van der Waals surface area contributed by atoms with Gasteiger partial charge in [0.15, 0.2) is 0 Å². The maximum absolute atomic E-state index is 12.2. The molecule has 0 aliphatic carbocycles. The van der Waals surface area contributed by atoms with E-state index in [4.69, 9.17) is 0 Å². The number of carbonyl (C=O) groups excluding carboxylic acids is 1. The van der Waals surface area contributed by atoms with E-state index in [-0.39, 0.29) is 17.4 Å². The molecule has 0 bridgehead atoms. The number of hydrogen-bond donors (Lipinski definition) is 3. The van der Waals surface area contributed by atoms with E-state index in [2.05, 4.69) is 26.6 Å². The Kier molecular flexibility index (Phi) is 4.77. The van der Waals surface area contributed by atoms with Gasteiger partial charge in [-0.1, -0.05) is 15.9 Å². The number of benzene rings is 1. The lowest BCUT2D eigenvalue weighted by molar-refractivity contribution is -0.120. The number of aromatic carboxylic acids is 1. The van der Waals surface area contributed by atoms with Crippen LogP contribution in [0.4, 0.5) is 5.69 Å². The summed E-state index contributed by atoms with van der Waals surface area (Å²) in [5.41, 5.74) is 0.437. The van der Waals surface area contributed by atoms with Crippen LogP contribution < -0.4 is 10.6 Å². The van der Waals surface area contributed by atoms with Crippen molar-refractivity contribution in [2.75, 3.05) is 11.9 Å². The molecule has 6 heteroatoms. The summed E-state index contributed by atoms with van der Waals surface area (Å²) in [7, 11) is 0. The van der Waals surface area contributed by atoms with Gasteiger partial charge in [0.2, 0.25) is 5.91 Å². The maximum atomic E-state index is 12.2. The first-order chi connectivity index (χ1) is 9.47. The smallest absolute Gasteiger partial charge is 0.337 e. The van der Waals surface area contributed by atoms with Gasteiger partial charge in [-0.25, -0.2) is 4.79 Å². The Balaban J connectivity index is 2.13. The largest absolute Gasteiger partial charge is 0.478 e. The van der Waals surface area contributed by atoms with E-state index >= 15 is 0 Å². The summed E-state index contributed by atoms with van der Waals surface area (Å²) >= 11 is 3.23. The normalized spacial score (nSPS) is 22.3. The topological polar surface area (TPSA) is 78.4 Å². The first kappa shape index (κ1) is 15.0. The number of nitrogens with one attached hydrogen (secondary N) is 2. The van der Waals surface area contributed by atoms with Gasteiger partial charge in [-0.3, -0.25) is 4.79 Å². The van der Waals surface area contributed by atoms with Crippen LogP contribution in [0.1, 0.15) is 30.1 Å². The first-order valence-corrected chi connectivity index (χ1v) is 7.33. The van der Waals surface area contributed by atoms with Gasteiger partial charge >= 0.3 is 5.97 Å². The average Bonchev–Trinajstić information content (AvgIpc) is 2.40. The predicted molar refractivity (Wildman–Crippen MR) is 79.9 cm³/mol. The fourth-order valence-corrected chi connectivity index (χ4v) is 2.77. The maximum Gasteiger partial charge on any atom is 0.337 e. The highest BCUT2D eigenvalue weighted by atomic mass is 79.9. The number of amides is 1. The van der Waals surface area contributed by atoms with Gasteiger partial charge < -0.3 is 15.7 Å². The number of halogens is 1. The Hall–Kier alpha value is -1.40. The standard InChI is InChI=1S/C14H17BrN2O3/c1-8-6-9(4-5-16-8)13(18)17-12-3-2-10(15)7-11(12)14(19)20/h2-3,7-9,16H,4-6H2,1H3,(H,17,18)(H,19,20). The molecule has 5 nitrogen and oxygen atoms in total. The molecule has 2 unspecified atom stereocenters. The van der Waals surface area contributed by atoms with Crippen molar-refractivity contribution in [2.45, 2.75) is 25.8 Å². The van der Waals surface area contributed by atoms with Crippen molar-refractivity contribution < 1.29 is 14.7 Å². The molecule has 0 radical (unpaired) electrons. The van der Waals surface area contributed by atoms with Gasteiger partial charge in [0.1, 0.15) is 0 Å². The average molecular weight is 341 g/mol. The second kappa shape index (κ2) is 6.37. The van der Waals surface area contributed by atoms with Crippen molar-refractivity contribution in [1.29, 1.82) is 0 Å². The van der Waals surface area contributed by atoms with Crippen LogP contribution in [0, 0.1) is 5.92 Å². The first-order valence-electron chi connectivity index (χ1n) is 6.54. The third kappa shape index (κ3) is 3.58. The number of carboxylic acid groups (broad SMARTS) is 1. The highest BCUT2D eigenvalue weighted by Gasteiger charge is 2.25. The minimum atomic E-state index is -1.06. The van der Waals surface area contributed by atoms with Crippen LogP contribution >= 0.6 is 15.9 Å². The molecular weight excluding hydrogens is 324 g/mol. The SMILES string of the molecule is CC1CC(C(=O)Nc2ccc(Br)cc2C(=O)O)CCN1. The molecule has 1 heterocycles. The molecule has 0 saturated carbocycles. The molecule has 0 aromatic heterocycles. The third-order valence-electron chi connectivity index (χ3n) is 3.46. The van der Waals surface area contributed by atoms with Gasteiger partial charge in [0, 0.05) is 16.4 Å². The zero-order valence-electron chi connectivity index (χ0n) is 11.1. The minimum Gasteiger partial charge on any atom is -0.478 e. The fourth-order valence-electron chi connectivity index (χ4n) is 2.41. The van der Waals surface area contributed by atoms with Crippen LogP contribution in [0.3, 0.4) is 0 Å². The number of rotatable bonds is 3. The Morgan fingerprint density at radius 3 is 2.85 bits per heavy atom. The second-order valence-electron chi connectivity index (χ2n) is 5.06. The molecular formula is C14H17BrN2O3. The highest BCUT2D eigenvalue weighted by Crippen LogP contribution is 2.23. The minimum absolute atomic E-state index is 0.0726. The van der Waals surface area contributed by atoms with Crippen LogP contribution in [-0.4, -0.2) is 29.6 Å². The number of hydrogen-bond acceptors (Lipinski definition) is 3. The summed E-state index contributed by atoms with van der Waals surface area (Å²) in [4.78, 5) is 23.4. The quantitative estimate of drug-likeness (QED) is 0.789. The van der Waals surface area contributed by atoms with Gasteiger partial charge in [0.25, 0.3) is 0 Å². The van der Waals surface area contributed by atoms with Crippen LogP contribution in [0.5, 0.6) is 0 Å². The van der Waals surface area contributed by atoms with Gasteiger partial charge in [-0.15, -0.1) is 0 Å². The van der Waals surface area contributed by atoms with E-state index < -0.39 is 5.97 Å². The fraction of sp³-hybridized carbons (Fsp3) is 0.429. The molecule has 1 aromatic carbocycles. The lowest BCUT2D eigenvalue weighted by atomic mass is 9.92. The van der Waals surface area contributed by atoms with E-state index in [9.17, 15) is 14.7 Å². The van der Waals surface area contributed by atoms with E-state index in [1.54, 1.807) is 12.1 Å². The van der Waals surface area contributed by atoms with E-state index in [0.29, 0.717) is 16.2 Å². The third-order valence-corrected chi connectivity index (χ3v) is 3.96. The van der Waals surface area contributed by atoms with Crippen LogP contribution in [0.15, 0.2) is 22.7 Å². The molecule has 20 heavy (non-hydrogen) atoms. The number of piperidine rings is 1. The van der Waals surface area contributed by atoms with Crippen molar-refractivity contribution in [2.24, 2.45) is 5.92 Å². The van der Waals surface area contributed by atoms with Gasteiger partial charge in [-0.05, 0) is 44.5 Å². The molecule has 2 rings (SSSR count). The van der Waals surface area contributed by atoms with E-state index in [0.717, 1.165) is 19.4 Å². The number of carboxylic acids is 1. The van der Waals surface area contributed by atoms with Crippen LogP contribution in [0.2, 0.25) is 0 Å². The molecule has 1 fully saturated rings. The molecule has 1 aromatic rings. The van der Waals surface area contributed by atoms with Gasteiger partial charge in [-0.2, -0.15) is 0 Å². The Morgan fingerprint density at radius 2 is 2.20 bits per heavy atom. The summed E-state index contributed by atoms with van der Waals surface area (Å²) in [5.74, 6) is -1.24. The summed E-state index contributed by atoms with van der Waals surface area (Å²) < 4.78 is 0.670. The Morgan fingerprint density at radius 1 is 1.45 bits per heavy atom. The Labute approximate surface area is 125 Å². The molecule has 3 N–H and O–H groups in total. The predicted octanol–water partition coefficient (Wildman–Crippen LogP) is 2.47. The van der Waals surface area contributed by atoms with Crippen LogP contribution in [-0.2, 0) is 4.79 Å². The van der Waals surface area contributed by atoms with Crippen LogP contribution in [0.25, 0.3) is 0 Å². The van der Waals surface area contributed by atoms with Gasteiger partial charge in [0.05, 0.1) is 11.3 Å².